The molecule has 6 heteroatoms. The molecule has 1 N–H and O–H groups in total. The van der Waals surface area contributed by atoms with Gasteiger partial charge in [0.15, 0.2) is 0 Å². The molecule has 0 radical (unpaired) electrons. The van der Waals surface area contributed by atoms with Gasteiger partial charge in [0.25, 0.3) is 0 Å². The summed E-state index contributed by atoms with van der Waals surface area (Å²) in [6, 6.07) is 4.81. The van der Waals surface area contributed by atoms with Crippen molar-refractivity contribution in [1.29, 1.82) is 0 Å². The molecule has 1 aliphatic heterocycles. The number of carbonyl (C=O) groups is 2. The summed E-state index contributed by atoms with van der Waals surface area (Å²) in [5, 5.41) is 3.00. The van der Waals surface area contributed by atoms with Crippen molar-refractivity contribution in [2.24, 2.45) is 0 Å². The van der Waals surface area contributed by atoms with Crippen LogP contribution in [0.15, 0.2) is 18.2 Å². The van der Waals surface area contributed by atoms with Crippen molar-refractivity contribution in [2.45, 2.75) is 45.2 Å². The van der Waals surface area contributed by atoms with Gasteiger partial charge in [0, 0.05) is 18.5 Å². The molecule has 24 heavy (non-hydrogen) atoms. The first-order valence-electron chi connectivity index (χ1n) is 8.33. The van der Waals surface area contributed by atoms with E-state index in [9.17, 15) is 9.59 Å². The Kier molecular flexibility index (Phi) is 6.06. The van der Waals surface area contributed by atoms with Crippen LogP contribution >= 0.6 is 0 Å². The van der Waals surface area contributed by atoms with Crippen LogP contribution in [0.4, 0.5) is 0 Å². The first kappa shape index (κ1) is 18.1. The molecule has 2 amide bonds. The molecule has 0 aliphatic carbocycles. The van der Waals surface area contributed by atoms with E-state index < -0.39 is 6.04 Å². The average Bonchev–Trinajstić information content (AvgIpc) is 3.00. The molecule has 0 aromatic heterocycles. The van der Waals surface area contributed by atoms with Gasteiger partial charge in [-0.15, -0.1) is 0 Å². The van der Waals surface area contributed by atoms with E-state index in [1.807, 2.05) is 32.0 Å². The second kappa shape index (κ2) is 8.04. The average molecular weight is 334 g/mol. The molecule has 1 saturated heterocycles. The van der Waals surface area contributed by atoms with E-state index in [2.05, 4.69) is 5.32 Å². The topological polar surface area (TPSA) is 67.9 Å². The van der Waals surface area contributed by atoms with Crippen molar-refractivity contribution >= 4 is 11.8 Å². The van der Waals surface area contributed by atoms with E-state index >= 15 is 0 Å². The molecule has 1 aromatic carbocycles. The lowest BCUT2D eigenvalue weighted by Crippen LogP contribution is -2.47. The maximum absolute atomic E-state index is 12.7. The molecule has 132 valence electrons. The zero-order valence-corrected chi connectivity index (χ0v) is 14.8. The van der Waals surface area contributed by atoms with Crippen LogP contribution in [0.1, 0.15) is 44.7 Å². The van der Waals surface area contributed by atoms with Gasteiger partial charge in [-0.2, -0.15) is 0 Å². The third-order valence-electron chi connectivity index (χ3n) is 4.44. The Labute approximate surface area is 143 Å². The van der Waals surface area contributed by atoms with E-state index in [-0.39, 0.29) is 17.9 Å². The number of amides is 2. The highest BCUT2D eigenvalue weighted by Gasteiger charge is 2.32. The van der Waals surface area contributed by atoms with Crippen molar-refractivity contribution in [1.82, 2.24) is 10.2 Å². The molecule has 1 aromatic rings. The Balaban J connectivity index is 2.14. The van der Waals surface area contributed by atoms with Gasteiger partial charge in [-0.1, -0.05) is 6.92 Å². The summed E-state index contributed by atoms with van der Waals surface area (Å²) < 4.78 is 10.6. The van der Waals surface area contributed by atoms with Gasteiger partial charge < -0.3 is 19.7 Å². The van der Waals surface area contributed by atoms with Gasteiger partial charge in [-0.05, 0) is 38.0 Å². The van der Waals surface area contributed by atoms with Gasteiger partial charge in [0.1, 0.15) is 17.5 Å². The van der Waals surface area contributed by atoms with Crippen molar-refractivity contribution < 1.29 is 19.1 Å². The number of nitrogens with one attached hydrogen (secondary N) is 1. The lowest BCUT2D eigenvalue weighted by atomic mass is 10.1. The first-order chi connectivity index (χ1) is 11.5. The number of hydrogen-bond acceptors (Lipinski definition) is 4. The first-order valence-corrected chi connectivity index (χ1v) is 8.33. The molecular formula is C18H26N2O4. The van der Waals surface area contributed by atoms with E-state index in [1.165, 1.54) is 0 Å². The number of ether oxygens (including phenoxy) is 2. The smallest absolute Gasteiger partial charge is 0.243 e. The van der Waals surface area contributed by atoms with E-state index in [1.54, 1.807) is 19.1 Å². The molecule has 1 aliphatic rings. The Morgan fingerprint density at radius 1 is 1.33 bits per heavy atom. The van der Waals surface area contributed by atoms with Crippen molar-refractivity contribution in [3.05, 3.63) is 23.8 Å². The number of nitrogens with zero attached hydrogens (tertiary/aromatic N) is 1. The number of hydrogen-bond donors (Lipinski definition) is 1. The van der Waals surface area contributed by atoms with Gasteiger partial charge in [0.2, 0.25) is 11.8 Å². The van der Waals surface area contributed by atoms with Crippen molar-refractivity contribution in [2.75, 3.05) is 20.8 Å². The van der Waals surface area contributed by atoms with Crippen LogP contribution in [0.5, 0.6) is 11.5 Å². The summed E-state index contributed by atoms with van der Waals surface area (Å²) in [7, 11) is 3.19. The van der Waals surface area contributed by atoms with E-state index in [4.69, 9.17) is 9.47 Å². The maximum Gasteiger partial charge on any atom is 0.243 e. The Morgan fingerprint density at radius 2 is 2.08 bits per heavy atom. The molecule has 1 fully saturated rings. The summed E-state index contributed by atoms with van der Waals surface area (Å²) in [6.45, 7) is 4.47. The summed E-state index contributed by atoms with van der Waals surface area (Å²) in [6.07, 6.45) is 1.95. The highest BCUT2D eigenvalue weighted by molar-refractivity contribution is 5.88. The maximum atomic E-state index is 12.7. The standard InChI is InChI=1S/C18H26N2O4/c1-5-15(20-10-6-7-17(20)21)18(22)19-12(2)14-11-13(23-3)8-9-16(14)24-4/h8-9,11-12,15H,5-7,10H2,1-4H3,(H,19,22)/t12-,15+/m0/s1. The highest BCUT2D eigenvalue weighted by atomic mass is 16.5. The van der Waals surface area contributed by atoms with Crippen LogP contribution in [-0.2, 0) is 9.59 Å². The number of carbonyl (C=O) groups excluding carboxylic acids is 2. The van der Waals surface area contributed by atoms with Gasteiger partial charge in [-0.3, -0.25) is 9.59 Å². The van der Waals surface area contributed by atoms with Crippen molar-refractivity contribution in [3.63, 3.8) is 0 Å². The number of benzene rings is 1. The van der Waals surface area contributed by atoms with E-state index in [0.717, 1.165) is 12.0 Å². The summed E-state index contributed by atoms with van der Waals surface area (Å²) in [4.78, 5) is 26.3. The minimum atomic E-state index is -0.418. The van der Waals surface area contributed by atoms with Crippen LogP contribution in [0, 0.1) is 0 Å². The minimum Gasteiger partial charge on any atom is -0.497 e. The predicted molar refractivity (Wildman–Crippen MR) is 91.1 cm³/mol. The van der Waals surface area contributed by atoms with Crippen LogP contribution < -0.4 is 14.8 Å². The third kappa shape index (κ3) is 3.80. The molecule has 0 spiro atoms. The number of methoxy groups -OCH3 is 2. The monoisotopic (exact) mass is 334 g/mol. The molecule has 2 atom stereocenters. The van der Waals surface area contributed by atoms with Gasteiger partial charge >= 0.3 is 0 Å². The van der Waals surface area contributed by atoms with Crippen LogP contribution in [0.25, 0.3) is 0 Å². The Hall–Kier alpha value is -2.24. The highest BCUT2D eigenvalue weighted by Crippen LogP contribution is 2.29. The van der Waals surface area contributed by atoms with Crippen LogP contribution in [0.2, 0.25) is 0 Å². The van der Waals surface area contributed by atoms with Gasteiger partial charge in [0.05, 0.1) is 20.3 Å². The molecule has 6 nitrogen and oxygen atoms in total. The lowest BCUT2D eigenvalue weighted by Gasteiger charge is -2.27. The fourth-order valence-corrected chi connectivity index (χ4v) is 3.11. The zero-order chi connectivity index (χ0) is 17.7. The lowest BCUT2D eigenvalue weighted by molar-refractivity contribution is -0.137. The second-order valence-corrected chi connectivity index (χ2v) is 5.95. The Morgan fingerprint density at radius 3 is 2.62 bits per heavy atom. The molecule has 1 heterocycles. The number of rotatable bonds is 7. The third-order valence-corrected chi connectivity index (χ3v) is 4.44. The van der Waals surface area contributed by atoms with Crippen molar-refractivity contribution in [3.8, 4) is 11.5 Å². The molecule has 0 bridgehead atoms. The van der Waals surface area contributed by atoms with Gasteiger partial charge in [-0.25, -0.2) is 0 Å². The largest absolute Gasteiger partial charge is 0.497 e. The SMILES string of the molecule is CC[C@H](C(=O)N[C@@H](C)c1cc(OC)ccc1OC)N1CCCC1=O. The summed E-state index contributed by atoms with van der Waals surface area (Å²) in [5.41, 5.74) is 0.841. The van der Waals surface area contributed by atoms with Crippen LogP contribution in [0.3, 0.4) is 0 Å². The Bertz CT molecular complexity index is 603. The number of likely N-dealkylation sites (tertiary alicyclic amines) is 1. The quantitative estimate of drug-likeness (QED) is 0.831. The second-order valence-electron chi connectivity index (χ2n) is 5.95. The molecule has 0 saturated carbocycles. The zero-order valence-electron chi connectivity index (χ0n) is 14.8. The van der Waals surface area contributed by atoms with Crippen LogP contribution in [-0.4, -0.2) is 43.5 Å². The summed E-state index contributed by atoms with van der Waals surface area (Å²) >= 11 is 0. The fourth-order valence-electron chi connectivity index (χ4n) is 3.11. The molecular weight excluding hydrogens is 308 g/mol. The fraction of sp³-hybridized carbons (Fsp3) is 0.556. The normalized spacial score (nSPS) is 16.7. The minimum absolute atomic E-state index is 0.0589. The predicted octanol–water partition coefficient (Wildman–Crippen LogP) is 2.28. The summed E-state index contributed by atoms with van der Waals surface area (Å²) in [5.74, 6) is 1.32. The molecule has 0 unspecified atom stereocenters. The molecule has 2 rings (SSSR count). The van der Waals surface area contributed by atoms with E-state index in [0.29, 0.717) is 30.9 Å².